The van der Waals surface area contributed by atoms with Crippen LogP contribution in [0.5, 0.6) is 0 Å². The number of nitrogens with one attached hydrogen (secondary N) is 2. The second-order valence-corrected chi connectivity index (χ2v) is 3.19. The van der Waals surface area contributed by atoms with Crippen LogP contribution in [0.15, 0.2) is 6.20 Å². The number of carboxylic acids is 1. The third kappa shape index (κ3) is 3.80. The summed E-state index contributed by atoms with van der Waals surface area (Å²) in [6.45, 7) is 2.23. The van der Waals surface area contributed by atoms with Gasteiger partial charge in [-0.25, -0.2) is 0 Å². The van der Waals surface area contributed by atoms with Gasteiger partial charge in [0.2, 0.25) is 5.91 Å². The van der Waals surface area contributed by atoms with E-state index in [0.717, 1.165) is 11.3 Å². The van der Waals surface area contributed by atoms with Crippen LogP contribution in [0.4, 0.5) is 0 Å². The largest absolute Gasteiger partial charge is 0.481 e. The van der Waals surface area contributed by atoms with E-state index in [9.17, 15) is 9.59 Å². The number of nitrogens with zero attached hydrogens (tertiary/aromatic N) is 1. The molecule has 0 saturated heterocycles. The lowest BCUT2D eigenvalue weighted by atomic mass is 10.2. The van der Waals surface area contributed by atoms with Crippen LogP contribution in [0, 0.1) is 6.92 Å². The zero-order valence-corrected chi connectivity index (χ0v) is 8.41. The molecule has 0 aliphatic heterocycles. The van der Waals surface area contributed by atoms with E-state index in [0.29, 0.717) is 6.54 Å². The van der Waals surface area contributed by atoms with Gasteiger partial charge in [-0.05, 0) is 6.92 Å². The van der Waals surface area contributed by atoms with Crippen molar-refractivity contribution in [3.05, 3.63) is 17.5 Å². The van der Waals surface area contributed by atoms with E-state index in [-0.39, 0.29) is 18.7 Å². The van der Waals surface area contributed by atoms with Crippen LogP contribution in [-0.2, 0) is 16.1 Å². The van der Waals surface area contributed by atoms with Crippen molar-refractivity contribution in [1.82, 2.24) is 15.5 Å². The molecule has 0 spiro atoms. The molecular formula is C9H13N3O3. The Bertz CT molecular complexity index is 359. The molecule has 82 valence electrons. The first kappa shape index (κ1) is 11.2. The predicted molar refractivity (Wildman–Crippen MR) is 52.0 cm³/mol. The van der Waals surface area contributed by atoms with Crippen molar-refractivity contribution in [2.75, 3.05) is 0 Å². The minimum absolute atomic E-state index is 0.00618. The van der Waals surface area contributed by atoms with Gasteiger partial charge >= 0.3 is 5.97 Å². The maximum absolute atomic E-state index is 11.1. The summed E-state index contributed by atoms with van der Waals surface area (Å²) in [5.74, 6) is -1.23. The molecule has 0 bridgehead atoms. The molecule has 0 fully saturated rings. The number of carbonyl (C=O) groups excluding carboxylic acids is 1. The summed E-state index contributed by atoms with van der Waals surface area (Å²) < 4.78 is 0. The van der Waals surface area contributed by atoms with Gasteiger partial charge in [-0.3, -0.25) is 14.7 Å². The van der Waals surface area contributed by atoms with Gasteiger partial charge in [0.15, 0.2) is 0 Å². The maximum atomic E-state index is 11.1. The molecule has 0 aliphatic rings. The van der Waals surface area contributed by atoms with Crippen LogP contribution in [-0.4, -0.2) is 27.2 Å². The Hall–Kier alpha value is -1.85. The number of aromatic amines is 1. The molecule has 0 aliphatic carbocycles. The summed E-state index contributed by atoms with van der Waals surface area (Å²) in [6.07, 6.45) is 1.50. The Morgan fingerprint density at radius 1 is 1.53 bits per heavy atom. The Labute approximate surface area is 86.7 Å². The van der Waals surface area contributed by atoms with E-state index in [2.05, 4.69) is 15.5 Å². The number of carbonyl (C=O) groups is 2. The lowest BCUT2D eigenvalue weighted by Crippen LogP contribution is -2.23. The Kier molecular flexibility index (Phi) is 3.84. The van der Waals surface area contributed by atoms with Gasteiger partial charge in [0.1, 0.15) is 0 Å². The third-order valence-corrected chi connectivity index (χ3v) is 1.98. The van der Waals surface area contributed by atoms with Gasteiger partial charge in [-0.15, -0.1) is 0 Å². The van der Waals surface area contributed by atoms with Crippen molar-refractivity contribution < 1.29 is 14.7 Å². The van der Waals surface area contributed by atoms with Gasteiger partial charge in [0.05, 0.1) is 12.6 Å². The molecule has 1 heterocycles. The molecule has 6 nitrogen and oxygen atoms in total. The zero-order valence-electron chi connectivity index (χ0n) is 8.41. The zero-order chi connectivity index (χ0) is 11.3. The number of rotatable bonds is 5. The molecule has 0 aromatic carbocycles. The van der Waals surface area contributed by atoms with Crippen LogP contribution in [0.1, 0.15) is 24.1 Å². The molecule has 0 unspecified atom stereocenters. The summed E-state index contributed by atoms with van der Waals surface area (Å²) in [6, 6.07) is 0. The second-order valence-electron chi connectivity index (χ2n) is 3.19. The average molecular weight is 211 g/mol. The highest BCUT2D eigenvalue weighted by Gasteiger charge is 2.06. The molecule has 0 saturated carbocycles. The number of amides is 1. The van der Waals surface area contributed by atoms with Crippen molar-refractivity contribution in [3.63, 3.8) is 0 Å². The number of aliphatic carboxylic acids is 1. The van der Waals surface area contributed by atoms with Gasteiger partial charge in [-0.1, -0.05) is 0 Å². The van der Waals surface area contributed by atoms with Crippen LogP contribution < -0.4 is 5.32 Å². The van der Waals surface area contributed by atoms with Gasteiger partial charge in [0.25, 0.3) is 0 Å². The van der Waals surface area contributed by atoms with Gasteiger partial charge < -0.3 is 10.4 Å². The number of aromatic nitrogens is 2. The van der Waals surface area contributed by atoms with Crippen molar-refractivity contribution in [3.8, 4) is 0 Å². The first-order valence-electron chi connectivity index (χ1n) is 4.57. The average Bonchev–Trinajstić information content (AvgIpc) is 2.58. The van der Waals surface area contributed by atoms with Gasteiger partial charge in [-0.2, -0.15) is 5.10 Å². The fraction of sp³-hybridized carbons (Fsp3) is 0.444. The van der Waals surface area contributed by atoms with E-state index in [1.165, 1.54) is 0 Å². The predicted octanol–water partition coefficient (Wildman–Crippen LogP) is 0.199. The SMILES string of the molecule is Cc1[nH]ncc1CNC(=O)CCC(=O)O. The minimum Gasteiger partial charge on any atom is -0.481 e. The van der Waals surface area contributed by atoms with E-state index < -0.39 is 5.97 Å². The highest BCUT2D eigenvalue weighted by molar-refractivity contribution is 5.80. The fourth-order valence-electron chi connectivity index (χ4n) is 1.06. The van der Waals surface area contributed by atoms with Crippen molar-refractivity contribution in [2.45, 2.75) is 26.3 Å². The topological polar surface area (TPSA) is 95.1 Å². The number of H-pyrrole nitrogens is 1. The molecule has 6 heteroatoms. The molecule has 1 aromatic rings. The number of carboxylic acid groups (broad SMARTS) is 1. The van der Waals surface area contributed by atoms with Crippen molar-refractivity contribution in [2.24, 2.45) is 0 Å². The van der Waals surface area contributed by atoms with Crippen LogP contribution in [0.2, 0.25) is 0 Å². The smallest absolute Gasteiger partial charge is 0.303 e. The quantitative estimate of drug-likeness (QED) is 0.648. The van der Waals surface area contributed by atoms with Gasteiger partial charge in [0, 0.05) is 24.2 Å². The molecule has 1 amide bonds. The normalized spacial score (nSPS) is 9.93. The lowest BCUT2D eigenvalue weighted by Gasteiger charge is -2.02. The van der Waals surface area contributed by atoms with Crippen LogP contribution in [0.25, 0.3) is 0 Å². The summed E-state index contributed by atoms with van der Waals surface area (Å²) in [5, 5.41) is 17.5. The van der Waals surface area contributed by atoms with Crippen molar-refractivity contribution >= 4 is 11.9 Å². The van der Waals surface area contributed by atoms with E-state index in [1.807, 2.05) is 6.92 Å². The molecule has 1 rings (SSSR count). The number of aryl methyl sites for hydroxylation is 1. The molecule has 15 heavy (non-hydrogen) atoms. The molecule has 3 N–H and O–H groups in total. The summed E-state index contributed by atoms with van der Waals surface area (Å²) in [5.41, 5.74) is 1.80. The van der Waals surface area contributed by atoms with Crippen LogP contribution in [0.3, 0.4) is 0 Å². The minimum atomic E-state index is -0.968. The third-order valence-electron chi connectivity index (χ3n) is 1.98. The summed E-state index contributed by atoms with van der Waals surface area (Å²) >= 11 is 0. The Morgan fingerprint density at radius 2 is 2.27 bits per heavy atom. The van der Waals surface area contributed by atoms with E-state index in [4.69, 9.17) is 5.11 Å². The molecular weight excluding hydrogens is 198 g/mol. The lowest BCUT2D eigenvalue weighted by molar-refractivity contribution is -0.138. The van der Waals surface area contributed by atoms with E-state index >= 15 is 0 Å². The Balaban J connectivity index is 2.28. The first-order chi connectivity index (χ1) is 7.09. The number of hydrogen-bond donors (Lipinski definition) is 3. The molecule has 0 radical (unpaired) electrons. The first-order valence-corrected chi connectivity index (χ1v) is 4.57. The summed E-state index contributed by atoms with van der Waals surface area (Å²) in [4.78, 5) is 21.3. The highest BCUT2D eigenvalue weighted by atomic mass is 16.4. The molecule has 0 atom stereocenters. The molecule has 1 aromatic heterocycles. The van der Waals surface area contributed by atoms with Crippen molar-refractivity contribution in [1.29, 1.82) is 0 Å². The second kappa shape index (κ2) is 5.14. The highest BCUT2D eigenvalue weighted by Crippen LogP contribution is 2.01. The monoisotopic (exact) mass is 211 g/mol. The van der Waals surface area contributed by atoms with Crippen LogP contribution >= 0.6 is 0 Å². The van der Waals surface area contributed by atoms with E-state index in [1.54, 1.807) is 6.20 Å². The standard InChI is InChI=1S/C9H13N3O3/c1-6-7(5-11-12-6)4-10-8(13)2-3-9(14)15/h5H,2-4H2,1H3,(H,10,13)(H,11,12)(H,14,15). The summed E-state index contributed by atoms with van der Waals surface area (Å²) in [7, 11) is 0. The fourth-order valence-corrected chi connectivity index (χ4v) is 1.06. The number of hydrogen-bond acceptors (Lipinski definition) is 3. The Morgan fingerprint density at radius 3 is 2.80 bits per heavy atom. The maximum Gasteiger partial charge on any atom is 0.303 e.